The zero-order chi connectivity index (χ0) is 19.5. The monoisotopic (exact) mass is 369 g/mol. The lowest BCUT2D eigenvalue weighted by atomic mass is 10.0. The van der Waals surface area contributed by atoms with Crippen LogP contribution in [0.2, 0.25) is 0 Å². The van der Waals surface area contributed by atoms with Crippen LogP contribution in [-0.4, -0.2) is 10.9 Å². The van der Waals surface area contributed by atoms with E-state index >= 15 is 0 Å². The third kappa shape index (κ3) is 3.55. The van der Waals surface area contributed by atoms with Crippen LogP contribution < -0.4 is 10.0 Å². The molecule has 28 heavy (non-hydrogen) atoms. The number of nitrogens with zero attached hydrogens (tertiary/aromatic N) is 2. The summed E-state index contributed by atoms with van der Waals surface area (Å²) in [6, 6.07) is 22.4. The highest BCUT2D eigenvalue weighted by Crippen LogP contribution is 2.25. The molecule has 0 fully saturated rings. The first-order valence-electron chi connectivity index (χ1n) is 9.06. The molecule has 5 heteroatoms. The lowest BCUT2D eigenvalue weighted by Crippen LogP contribution is -2.30. The number of para-hydroxylation sites is 1. The number of hydrogen-bond acceptors (Lipinski definition) is 3. The van der Waals surface area contributed by atoms with Crippen molar-refractivity contribution in [3.8, 4) is 11.3 Å². The van der Waals surface area contributed by atoms with Gasteiger partial charge in [0.1, 0.15) is 0 Å². The summed E-state index contributed by atoms with van der Waals surface area (Å²) < 4.78 is 0.729. The number of carbonyl (C=O) groups is 1. The number of aromatic nitrogens is 2. The van der Waals surface area contributed by atoms with Crippen molar-refractivity contribution in [3.63, 3.8) is 0 Å². The Labute approximate surface area is 162 Å². The van der Waals surface area contributed by atoms with Gasteiger partial charge in [0.05, 0.1) is 22.8 Å². The van der Waals surface area contributed by atoms with Gasteiger partial charge in [-0.25, -0.2) is 4.98 Å². The number of amides is 1. The summed E-state index contributed by atoms with van der Waals surface area (Å²) in [7, 11) is 0. The first kappa shape index (κ1) is 17.7. The summed E-state index contributed by atoms with van der Waals surface area (Å²) in [6.07, 6.45) is 2.88. The second-order valence-electron chi connectivity index (χ2n) is 6.63. The van der Waals surface area contributed by atoms with Crippen LogP contribution in [0, 0.1) is 5.21 Å². The summed E-state index contributed by atoms with van der Waals surface area (Å²) in [6.45, 7) is 1.86. The topological polar surface area (TPSA) is 68.9 Å². The largest absolute Gasteiger partial charge is 0.619 e. The van der Waals surface area contributed by atoms with E-state index in [2.05, 4.69) is 5.32 Å². The van der Waals surface area contributed by atoms with Crippen LogP contribution in [0.3, 0.4) is 0 Å². The van der Waals surface area contributed by atoms with Crippen LogP contribution in [0.15, 0.2) is 85.2 Å². The van der Waals surface area contributed by atoms with Gasteiger partial charge in [0.15, 0.2) is 12.4 Å². The van der Waals surface area contributed by atoms with E-state index in [1.54, 1.807) is 6.07 Å². The van der Waals surface area contributed by atoms with Crippen molar-refractivity contribution in [1.82, 2.24) is 10.3 Å². The maximum absolute atomic E-state index is 13.1. The van der Waals surface area contributed by atoms with Gasteiger partial charge in [-0.1, -0.05) is 48.5 Å². The quantitative estimate of drug-likeness (QED) is 0.436. The molecule has 0 radical (unpaired) electrons. The van der Waals surface area contributed by atoms with Crippen LogP contribution in [0.1, 0.15) is 28.9 Å². The number of rotatable bonds is 4. The van der Waals surface area contributed by atoms with Crippen molar-refractivity contribution in [3.05, 3.63) is 102 Å². The van der Waals surface area contributed by atoms with Gasteiger partial charge in [-0.15, -0.1) is 0 Å². The number of pyridine rings is 2. The highest BCUT2D eigenvalue weighted by molar-refractivity contribution is 6.07. The molecule has 1 amide bonds. The normalized spacial score (nSPS) is 11.9. The fourth-order valence-electron chi connectivity index (χ4n) is 3.21. The zero-order valence-corrected chi connectivity index (χ0v) is 15.4. The molecule has 1 unspecified atom stereocenters. The van der Waals surface area contributed by atoms with E-state index in [9.17, 15) is 10.0 Å². The van der Waals surface area contributed by atoms with Crippen LogP contribution in [0.5, 0.6) is 0 Å². The van der Waals surface area contributed by atoms with Crippen LogP contribution in [-0.2, 0) is 0 Å². The highest BCUT2D eigenvalue weighted by Gasteiger charge is 2.17. The number of benzene rings is 2. The van der Waals surface area contributed by atoms with E-state index in [-0.39, 0.29) is 11.9 Å². The molecule has 0 aliphatic heterocycles. The molecule has 2 aromatic heterocycles. The number of fused-ring (bicyclic) bond motifs is 1. The van der Waals surface area contributed by atoms with Gasteiger partial charge >= 0.3 is 0 Å². The van der Waals surface area contributed by atoms with Gasteiger partial charge in [-0.3, -0.25) is 4.79 Å². The molecular weight excluding hydrogens is 350 g/mol. The third-order valence-corrected chi connectivity index (χ3v) is 4.68. The Hall–Kier alpha value is -3.73. The summed E-state index contributed by atoms with van der Waals surface area (Å²) in [5, 5.41) is 15.3. The number of hydrogen-bond donors (Lipinski definition) is 1. The predicted octanol–water partition coefficient (Wildman–Crippen LogP) is 4.03. The first-order valence-corrected chi connectivity index (χ1v) is 9.06. The van der Waals surface area contributed by atoms with Gasteiger partial charge in [-0.05, 0) is 25.1 Å². The minimum absolute atomic E-state index is 0.204. The standard InChI is InChI=1S/C23H19N3O2/c1-16(18-10-7-13-26(28)15-18)24-23(27)20-14-22(17-8-3-2-4-9-17)25-21-12-6-5-11-19(20)21/h2-16H,1H3,(H,24,27). The van der Waals surface area contributed by atoms with E-state index in [4.69, 9.17) is 4.98 Å². The van der Waals surface area contributed by atoms with Gasteiger partial charge in [-0.2, -0.15) is 4.73 Å². The fourth-order valence-corrected chi connectivity index (χ4v) is 3.21. The van der Waals surface area contributed by atoms with Crippen molar-refractivity contribution in [2.45, 2.75) is 13.0 Å². The van der Waals surface area contributed by atoms with Crippen molar-refractivity contribution in [2.24, 2.45) is 0 Å². The summed E-state index contributed by atoms with van der Waals surface area (Å²) >= 11 is 0. The zero-order valence-electron chi connectivity index (χ0n) is 15.4. The molecule has 4 aromatic rings. The Morgan fingerprint density at radius 3 is 2.57 bits per heavy atom. The molecule has 4 rings (SSSR count). The lowest BCUT2D eigenvalue weighted by Gasteiger charge is -2.15. The van der Waals surface area contributed by atoms with E-state index in [1.807, 2.05) is 73.7 Å². The molecule has 1 atom stereocenters. The molecule has 2 heterocycles. The van der Waals surface area contributed by atoms with E-state index in [0.29, 0.717) is 5.56 Å². The van der Waals surface area contributed by atoms with Crippen LogP contribution >= 0.6 is 0 Å². The maximum atomic E-state index is 13.1. The molecule has 0 saturated carbocycles. The Bertz CT molecular complexity index is 1140. The van der Waals surface area contributed by atoms with Crippen molar-refractivity contribution >= 4 is 16.8 Å². The van der Waals surface area contributed by atoms with E-state index < -0.39 is 0 Å². The summed E-state index contributed by atoms with van der Waals surface area (Å²) in [5.41, 5.74) is 3.76. The SMILES string of the molecule is CC(NC(=O)c1cc(-c2ccccc2)nc2ccccc12)c1ccc[n+]([O-])c1. The second-order valence-corrected chi connectivity index (χ2v) is 6.63. The highest BCUT2D eigenvalue weighted by atomic mass is 16.5. The fraction of sp³-hybridized carbons (Fsp3) is 0.0870. The molecule has 0 bridgehead atoms. The Morgan fingerprint density at radius 2 is 1.79 bits per heavy atom. The lowest BCUT2D eigenvalue weighted by molar-refractivity contribution is -0.606. The van der Waals surface area contributed by atoms with Gasteiger partial charge in [0.25, 0.3) is 5.91 Å². The van der Waals surface area contributed by atoms with Crippen molar-refractivity contribution in [2.75, 3.05) is 0 Å². The van der Waals surface area contributed by atoms with Crippen molar-refractivity contribution in [1.29, 1.82) is 0 Å². The van der Waals surface area contributed by atoms with E-state index in [1.165, 1.54) is 12.4 Å². The molecule has 138 valence electrons. The summed E-state index contributed by atoms with van der Waals surface area (Å²) in [4.78, 5) is 17.8. The van der Waals surface area contributed by atoms with Crippen molar-refractivity contribution < 1.29 is 9.52 Å². The minimum Gasteiger partial charge on any atom is -0.619 e. The molecule has 0 spiro atoms. The maximum Gasteiger partial charge on any atom is 0.252 e. The molecule has 1 N–H and O–H groups in total. The van der Waals surface area contributed by atoms with Gasteiger partial charge < -0.3 is 10.5 Å². The molecule has 0 saturated heterocycles. The average Bonchev–Trinajstić information content (AvgIpc) is 2.73. The smallest absolute Gasteiger partial charge is 0.252 e. The second kappa shape index (κ2) is 7.48. The van der Waals surface area contributed by atoms with Crippen LogP contribution in [0.4, 0.5) is 0 Å². The average molecular weight is 369 g/mol. The molecule has 5 nitrogen and oxygen atoms in total. The number of carbonyl (C=O) groups excluding carboxylic acids is 1. The molecular formula is C23H19N3O2. The van der Waals surface area contributed by atoms with Gasteiger partial charge in [0.2, 0.25) is 0 Å². The Balaban J connectivity index is 1.73. The summed E-state index contributed by atoms with van der Waals surface area (Å²) in [5.74, 6) is -0.204. The first-order chi connectivity index (χ1) is 13.6. The molecule has 0 aliphatic rings. The van der Waals surface area contributed by atoms with Gasteiger partial charge in [0, 0.05) is 22.6 Å². The predicted molar refractivity (Wildman–Crippen MR) is 108 cm³/mol. The van der Waals surface area contributed by atoms with Crippen LogP contribution in [0.25, 0.3) is 22.2 Å². The van der Waals surface area contributed by atoms with E-state index in [0.717, 1.165) is 32.5 Å². The Morgan fingerprint density at radius 1 is 1.04 bits per heavy atom. The Kier molecular flexibility index (Phi) is 4.72. The third-order valence-electron chi connectivity index (χ3n) is 4.68. The molecule has 0 aliphatic carbocycles. The number of nitrogens with one attached hydrogen (secondary N) is 1. The molecule has 2 aromatic carbocycles. The minimum atomic E-state index is -0.305.